The Kier molecular flexibility index (Phi) is 14.3. The van der Waals surface area contributed by atoms with E-state index in [0.29, 0.717) is 51.9 Å². The molecule has 75 heavy (non-hydrogen) atoms. The first-order valence-electron chi connectivity index (χ1n) is 24.9. The van der Waals surface area contributed by atoms with E-state index in [-0.39, 0.29) is 49.8 Å². The average Bonchev–Trinajstić information content (AvgIpc) is 4.22. The van der Waals surface area contributed by atoms with Crippen LogP contribution in [0.25, 0.3) is 26.4 Å². The lowest BCUT2D eigenvalue weighted by molar-refractivity contribution is -0.142. The number of halogens is 1. The van der Waals surface area contributed by atoms with Crippen molar-refractivity contribution >= 4 is 74.6 Å². The molecular weight excluding hydrogens is 1010 g/mol. The van der Waals surface area contributed by atoms with Gasteiger partial charge in [-0.05, 0) is 86.2 Å². The minimum atomic E-state index is -1.08. The zero-order chi connectivity index (χ0) is 53.0. The number of thiazole rings is 1. The van der Waals surface area contributed by atoms with Gasteiger partial charge in [0.05, 0.1) is 47.0 Å². The Morgan fingerprint density at radius 2 is 1.68 bits per heavy atom. The number of likely N-dealkylation sites (tertiary alicyclic amines) is 1. The number of aliphatic hydroxyl groups excluding tert-OH is 2. The number of hydrogen-bond donors (Lipinski definition) is 5. The number of aliphatic hydroxyl groups is 2. The minimum absolute atomic E-state index is 0.0123. The molecule has 1 saturated heterocycles. The molecule has 10 rings (SSSR count). The minimum Gasteiger partial charge on any atom is -0.490 e. The van der Waals surface area contributed by atoms with Crippen LogP contribution in [-0.2, 0) is 21.0 Å². The molecule has 5 atom stereocenters. The summed E-state index contributed by atoms with van der Waals surface area (Å²) in [6.45, 7) is 13.1. The fraction of sp³-hybridized carbons (Fsp3) is 0.382. The van der Waals surface area contributed by atoms with Crippen molar-refractivity contribution in [3.05, 3.63) is 134 Å². The largest absolute Gasteiger partial charge is 0.490 e. The first-order valence-corrected chi connectivity index (χ1v) is 27.0. The lowest BCUT2D eigenvalue weighted by atomic mass is 9.85. The number of nitrogens with zero attached hydrogens (tertiary/aromatic N) is 6. The predicted molar refractivity (Wildman–Crippen MR) is 287 cm³/mol. The van der Waals surface area contributed by atoms with Crippen LogP contribution in [0.5, 0.6) is 5.75 Å². The van der Waals surface area contributed by atoms with Crippen LogP contribution in [0, 0.1) is 26.2 Å². The highest BCUT2D eigenvalue weighted by atomic mass is 35.5. The van der Waals surface area contributed by atoms with Crippen LogP contribution in [0.1, 0.15) is 120 Å². The molecule has 7 aromatic rings. The lowest BCUT2D eigenvalue weighted by Gasteiger charge is -2.36. The third-order valence-electron chi connectivity index (χ3n) is 14.3. The molecule has 5 N–H and O–H groups in total. The highest BCUT2D eigenvalue weighted by molar-refractivity contribution is 7.15. The fourth-order valence-electron chi connectivity index (χ4n) is 10.0. The number of aryl methyl sites for hydroxylation is 2. The van der Waals surface area contributed by atoms with Crippen molar-refractivity contribution in [2.45, 2.75) is 123 Å². The Labute approximate surface area is 446 Å². The number of aromatic nitrogens is 4. The number of benzene rings is 3. The first-order chi connectivity index (χ1) is 35.8. The summed E-state index contributed by atoms with van der Waals surface area (Å²) in [5, 5.41) is 40.6. The summed E-state index contributed by atoms with van der Waals surface area (Å²) in [6.07, 6.45) is 0.187. The second-order valence-corrected chi connectivity index (χ2v) is 23.2. The molecule has 0 bridgehead atoms. The molecule has 0 spiro atoms. The number of rotatable bonds is 14. The number of carbonyl (C=O) groups is 4. The molecule has 6 heterocycles. The third kappa shape index (κ3) is 10.5. The Bertz CT molecular complexity index is 3350. The van der Waals surface area contributed by atoms with Crippen LogP contribution in [0.3, 0.4) is 0 Å². The van der Waals surface area contributed by atoms with E-state index in [4.69, 9.17) is 25.7 Å². The van der Waals surface area contributed by atoms with Gasteiger partial charge in [0.15, 0.2) is 11.6 Å². The fourth-order valence-corrected chi connectivity index (χ4v) is 12.2. The molecule has 1 saturated carbocycles. The molecule has 0 unspecified atom stereocenters. The van der Waals surface area contributed by atoms with Gasteiger partial charge in [0.2, 0.25) is 17.7 Å². The van der Waals surface area contributed by atoms with Gasteiger partial charge < -0.3 is 40.2 Å². The smallest absolute Gasteiger partial charge is 0.287 e. The van der Waals surface area contributed by atoms with Crippen LogP contribution < -0.4 is 20.7 Å². The highest BCUT2D eigenvalue weighted by Gasteiger charge is 2.45. The second-order valence-electron chi connectivity index (χ2n) is 20.7. The Morgan fingerprint density at radius 3 is 2.40 bits per heavy atom. The maximum atomic E-state index is 14.4. The second kappa shape index (κ2) is 20.7. The van der Waals surface area contributed by atoms with Crippen molar-refractivity contribution in [2.75, 3.05) is 6.54 Å². The zero-order valence-corrected chi connectivity index (χ0v) is 44.9. The number of thiophene rings is 1. The molecule has 390 valence electrons. The molecule has 1 aliphatic carbocycles. The Hall–Kier alpha value is -6.77. The van der Waals surface area contributed by atoms with Crippen molar-refractivity contribution in [3.8, 4) is 21.2 Å². The highest BCUT2D eigenvalue weighted by Crippen LogP contribution is 2.40. The van der Waals surface area contributed by atoms with E-state index in [2.05, 4.69) is 45.0 Å². The molecule has 4 amide bonds. The zero-order valence-electron chi connectivity index (χ0n) is 42.5. The SMILES string of the molecule is Cc1sc2c(c1C)C(c1ccc(Cl)cc1)=N[C@@H](CC(=O)N[C@H]1C[C@@H](Oc3ccc4oc(C(=O)N[C@H](C(=O)N5C[C@H](O)C[C@H]5C(=O)N[C@@H](C)c5ccc(-c6scnc6CO)cc5)C(C)(C)C)cc4c3)C1)c1nnc(C)n1-2. The van der Waals surface area contributed by atoms with Gasteiger partial charge in [0.1, 0.15) is 46.4 Å². The van der Waals surface area contributed by atoms with Crippen LogP contribution in [0.15, 0.2) is 87.7 Å². The van der Waals surface area contributed by atoms with Crippen molar-refractivity contribution in [1.82, 2.24) is 40.6 Å². The summed E-state index contributed by atoms with van der Waals surface area (Å²) < 4.78 is 14.3. The van der Waals surface area contributed by atoms with Gasteiger partial charge in [-0.2, -0.15) is 0 Å². The molecule has 3 aliphatic rings. The number of ether oxygens (including phenoxy) is 1. The number of furan rings is 1. The number of nitrogens with one attached hydrogen (secondary N) is 3. The van der Waals surface area contributed by atoms with Gasteiger partial charge in [0, 0.05) is 58.3 Å². The number of hydrogen-bond acceptors (Lipinski definition) is 14. The maximum absolute atomic E-state index is 14.4. The summed E-state index contributed by atoms with van der Waals surface area (Å²) in [4.78, 5) is 68.7. The van der Waals surface area contributed by atoms with Gasteiger partial charge >= 0.3 is 0 Å². The van der Waals surface area contributed by atoms with Crippen molar-refractivity contribution in [3.63, 3.8) is 0 Å². The number of β-amino-alcohol motifs (C(OH)–C–C–N with tert-alkyl or cyclic N) is 1. The molecular formula is C55H58ClN9O8S2. The van der Waals surface area contributed by atoms with Gasteiger partial charge in [-0.3, -0.25) is 28.7 Å². The normalized spacial score (nSPS) is 20.1. The Balaban J connectivity index is 0.752. The summed E-state index contributed by atoms with van der Waals surface area (Å²) in [7, 11) is 0. The maximum Gasteiger partial charge on any atom is 0.287 e. The molecule has 2 fully saturated rings. The van der Waals surface area contributed by atoms with E-state index in [1.807, 2.05) is 87.7 Å². The standard InChI is InChI=1S/C55H58ClN9O8S2/c1-27-29(3)75-54-46(27)47(32-12-14-35(56)15-13-32)60-40(50-63-62-30(4)65(50)54)23-45(68)59-36-20-39(21-36)72-38-16-17-43-34(18-38)19-44(73-43)52(70)61-49(55(5,6)7)53(71)64-24-37(67)22-42(64)51(69)58-28(2)31-8-10-33(11-9-31)48-41(25-66)57-26-74-48/h8-19,26,28,36-37,39-40,42,49,66-67H,20-25H2,1-7H3,(H,58,69)(H,59,68)(H,61,70)/t28-,36-,37+,39+,40-,42-,49+/m0/s1. The molecule has 3 aromatic carbocycles. The monoisotopic (exact) mass is 1070 g/mol. The van der Waals surface area contributed by atoms with Gasteiger partial charge in [0.25, 0.3) is 5.91 Å². The summed E-state index contributed by atoms with van der Waals surface area (Å²) in [5.41, 5.74) is 7.44. The first kappa shape index (κ1) is 51.7. The van der Waals surface area contributed by atoms with Crippen molar-refractivity contribution < 1.29 is 38.5 Å². The summed E-state index contributed by atoms with van der Waals surface area (Å²) in [6, 6.07) is 18.9. The van der Waals surface area contributed by atoms with Gasteiger partial charge in [-0.15, -0.1) is 32.9 Å². The summed E-state index contributed by atoms with van der Waals surface area (Å²) >= 11 is 9.37. The van der Waals surface area contributed by atoms with Crippen molar-refractivity contribution in [1.29, 1.82) is 0 Å². The number of aliphatic imine (C=N–C) groups is 1. The average molecular weight is 1070 g/mol. The van der Waals surface area contributed by atoms with E-state index in [1.54, 1.807) is 41.1 Å². The quantitative estimate of drug-likeness (QED) is 0.0697. The number of amides is 4. The van der Waals surface area contributed by atoms with Crippen molar-refractivity contribution in [2.24, 2.45) is 10.4 Å². The van der Waals surface area contributed by atoms with Crippen LogP contribution in [-0.4, -0.2) is 101 Å². The molecule has 0 radical (unpaired) electrons. The topological polar surface area (TPSA) is 226 Å². The molecule has 20 heteroatoms. The van der Waals surface area contributed by atoms with E-state index >= 15 is 0 Å². The van der Waals surface area contributed by atoms with Crippen LogP contribution in [0.4, 0.5) is 0 Å². The van der Waals surface area contributed by atoms with Crippen LogP contribution >= 0.6 is 34.3 Å². The lowest BCUT2D eigenvalue weighted by Crippen LogP contribution is -2.57. The molecule has 2 aliphatic heterocycles. The van der Waals surface area contributed by atoms with Gasteiger partial charge in [-0.25, -0.2) is 4.98 Å². The number of fused-ring (bicyclic) bond motifs is 4. The van der Waals surface area contributed by atoms with E-state index < -0.39 is 53.4 Å². The van der Waals surface area contributed by atoms with Crippen LogP contribution in [0.2, 0.25) is 5.02 Å². The van der Waals surface area contributed by atoms with E-state index in [1.165, 1.54) is 16.2 Å². The Morgan fingerprint density at radius 1 is 0.947 bits per heavy atom. The third-order valence-corrected chi connectivity index (χ3v) is 16.6. The number of carbonyl (C=O) groups excluding carboxylic acids is 4. The molecule has 4 aromatic heterocycles. The van der Waals surface area contributed by atoms with E-state index in [0.717, 1.165) is 48.3 Å². The summed E-state index contributed by atoms with van der Waals surface area (Å²) in [5.74, 6) is 0.181. The van der Waals surface area contributed by atoms with Gasteiger partial charge in [-0.1, -0.05) is 68.8 Å². The van der Waals surface area contributed by atoms with E-state index in [9.17, 15) is 29.4 Å². The predicted octanol–water partition coefficient (Wildman–Crippen LogP) is 8.26. The molecule has 17 nitrogen and oxygen atoms in total.